The Morgan fingerprint density at radius 3 is 2.47 bits per heavy atom. The van der Waals surface area contributed by atoms with Crippen LogP contribution in [0.4, 0.5) is 13.2 Å². The van der Waals surface area contributed by atoms with Crippen LogP contribution < -0.4 is 0 Å². The third-order valence-corrected chi connectivity index (χ3v) is 3.01. The molecule has 0 spiro atoms. The molecule has 0 aliphatic carbocycles. The first kappa shape index (κ1) is 13.9. The molecule has 0 fully saturated rings. The van der Waals surface area contributed by atoms with Crippen molar-refractivity contribution in [2.75, 3.05) is 6.61 Å². The van der Waals surface area contributed by atoms with Gasteiger partial charge in [0.25, 0.3) is 0 Å². The Kier molecular flexibility index (Phi) is 3.32. The van der Waals surface area contributed by atoms with E-state index in [1.165, 1.54) is 6.07 Å². The minimum absolute atomic E-state index is 0.313. The standard InChI is InChI=1S/C14H16F3NO/c1-4-9-5-6-10(14(15,16)17)7-11(9)12-18-13(2,3)8-19-12/h5-7H,4,8H2,1-3H3. The van der Waals surface area contributed by atoms with Crippen molar-refractivity contribution in [2.24, 2.45) is 4.99 Å². The number of alkyl halides is 3. The van der Waals surface area contributed by atoms with Gasteiger partial charge in [-0.3, -0.25) is 0 Å². The van der Waals surface area contributed by atoms with Crippen LogP contribution in [0.5, 0.6) is 0 Å². The molecule has 5 heteroatoms. The molecule has 1 aliphatic heterocycles. The first-order valence-corrected chi connectivity index (χ1v) is 6.16. The average molecular weight is 271 g/mol. The van der Waals surface area contributed by atoms with Gasteiger partial charge in [-0.15, -0.1) is 0 Å². The summed E-state index contributed by atoms with van der Waals surface area (Å²) in [5.41, 5.74) is 0.206. The van der Waals surface area contributed by atoms with E-state index in [-0.39, 0.29) is 5.54 Å². The lowest BCUT2D eigenvalue weighted by Gasteiger charge is -2.12. The molecule has 1 heterocycles. The summed E-state index contributed by atoms with van der Waals surface area (Å²) in [5.74, 6) is 0.313. The average Bonchev–Trinajstić information content (AvgIpc) is 2.67. The fourth-order valence-corrected chi connectivity index (χ4v) is 1.98. The zero-order valence-corrected chi connectivity index (χ0v) is 11.1. The fraction of sp³-hybridized carbons (Fsp3) is 0.500. The van der Waals surface area contributed by atoms with Crippen molar-refractivity contribution in [3.8, 4) is 0 Å². The van der Waals surface area contributed by atoms with Crippen LogP contribution in [0, 0.1) is 0 Å². The van der Waals surface area contributed by atoms with Gasteiger partial charge in [-0.1, -0.05) is 13.0 Å². The maximum absolute atomic E-state index is 12.8. The van der Waals surface area contributed by atoms with Crippen molar-refractivity contribution in [2.45, 2.75) is 38.9 Å². The van der Waals surface area contributed by atoms with Crippen molar-refractivity contribution < 1.29 is 17.9 Å². The molecule has 0 bridgehead atoms. The van der Waals surface area contributed by atoms with Crippen molar-refractivity contribution in [1.29, 1.82) is 0 Å². The lowest BCUT2D eigenvalue weighted by molar-refractivity contribution is -0.137. The summed E-state index contributed by atoms with van der Waals surface area (Å²) < 4.78 is 43.7. The van der Waals surface area contributed by atoms with E-state index in [1.807, 2.05) is 20.8 Å². The topological polar surface area (TPSA) is 21.6 Å². The first-order chi connectivity index (χ1) is 8.73. The fourth-order valence-electron chi connectivity index (χ4n) is 1.98. The highest BCUT2D eigenvalue weighted by atomic mass is 19.4. The van der Waals surface area contributed by atoms with Gasteiger partial charge >= 0.3 is 6.18 Å². The smallest absolute Gasteiger partial charge is 0.416 e. The predicted octanol–water partition coefficient (Wildman–Crippen LogP) is 3.82. The van der Waals surface area contributed by atoms with Gasteiger partial charge in [0.05, 0.1) is 11.1 Å². The molecule has 1 aliphatic rings. The highest BCUT2D eigenvalue weighted by molar-refractivity contribution is 5.97. The molecule has 1 aromatic carbocycles. The number of benzene rings is 1. The molecule has 0 amide bonds. The Morgan fingerprint density at radius 2 is 2.00 bits per heavy atom. The van der Waals surface area contributed by atoms with Crippen molar-refractivity contribution >= 4 is 5.90 Å². The minimum atomic E-state index is -4.35. The third kappa shape index (κ3) is 2.91. The van der Waals surface area contributed by atoms with E-state index >= 15 is 0 Å². The van der Waals surface area contributed by atoms with Crippen LogP contribution in [0.3, 0.4) is 0 Å². The summed E-state index contributed by atoms with van der Waals surface area (Å²) in [6, 6.07) is 3.72. The molecule has 0 aromatic heterocycles. The van der Waals surface area contributed by atoms with Crippen LogP contribution in [0.2, 0.25) is 0 Å². The van der Waals surface area contributed by atoms with E-state index in [1.54, 1.807) is 0 Å². The van der Waals surface area contributed by atoms with Crippen LogP contribution in [-0.4, -0.2) is 18.0 Å². The molecule has 2 nitrogen and oxygen atoms in total. The first-order valence-electron chi connectivity index (χ1n) is 6.16. The summed E-state index contributed by atoms with van der Waals surface area (Å²) in [4.78, 5) is 4.35. The van der Waals surface area contributed by atoms with Crippen molar-refractivity contribution in [3.63, 3.8) is 0 Å². The lowest BCUT2D eigenvalue weighted by Crippen LogP contribution is -2.17. The normalized spacial score (nSPS) is 18.1. The molecule has 0 radical (unpaired) electrons. The Labute approximate surface area is 110 Å². The van der Waals surface area contributed by atoms with Crippen LogP contribution in [-0.2, 0) is 17.3 Å². The van der Waals surface area contributed by atoms with Gasteiger partial charge in [-0.05, 0) is 38.0 Å². The molecule has 0 atom stereocenters. The third-order valence-electron chi connectivity index (χ3n) is 3.01. The summed E-state index contributed by atoms with van der Waals surface area (Å²) in [7, 11) is 0. The summed E-state index contributed by atoms with van der Waals surface area (Å²) >= 11 is 0. The van der Waals surface area contributed by atoms with Gasteiger partial charge in [0.15, 0.2) is 0 Å². The van der Waals surface area contributed by atoms with Gasteiger partial charge < -0.3 is 4.74 Å². The summed E-state index contributed by atoms with van der Waals surface area (Å²) in [5, 5.41) is 0. The number of ether oxygens (including phenoxy) is 1. The van der Waals surface area contributed by atoms with Crippen LogP contribution in [0.15, 0.2) is 23.2 Å². The largest absolute Gasteiger partial charge is 0.475 e. The second-order valence-corrected chi connectivity index (χ2v) is 5.24. The lowest BCUT2D eigenvalue weighted by atomic mass is 10.0. The number of aryl methyl sites for hydroxylation is 1. The zero-order chi connectivity index (χ0) is 14.3. The minimum Gasteiger partial charge on any atom is -0.475 e. The molecule has 0 N–H and O–H groups in total. The van der Waals surface area contributed by atoms with E-state index in [2.05, 4.69) is 4.99 Å². The Bertz CT molecular complexity index is 518. The predicted molar refractivity (Wildman–Crippen MR) is 67.4 cm³/mol. The molecule has 1 aromatic rings. The van der Waals surface area contributed by atoms with E-state index in [0.29, 0.717) is 24.5 Å². The zero-order valence-electron chi connectivity index (χ0n) is 11.1. The van der Waals surface area contributed by atoms with Gasteiger partial charge in [-0.25, -0.2) is 4.99 Å². The Morgan fingerprint density at radius 1 is 1.32 bits per heavy atom. The maximum Gasteiger partial charge on any atom is 0.416 e. The second-order valence-electron chi connectivity index (χ2n) is 5.24. The van der Waals surface area contributed by atoms with Gasteiger partial charge in [0.1, 0.15) is 6.61 Å². The number of halogens is 3. The highest BCUT2D eigenvalue weighted by Gasteiger charge is 2.33. The number of hydrogen-bond donors (Lipinski definition) is 0. The number of nitrogens with zero attached hydrogens (tertiary/aromatic N) is 1. The van der Waals surface area contributed by atoms with E-state index in [4.69, 9.17) is 4.74 Å². The number of hydrogen-bond acceptors (Lipinski definition) is 2. The molecule has 0 saturated heterocycles. The quantitative estimate of drug-likeness (QED) is 0.801. The monoisotopic (exact) mass is 271 g/mol. The molecular formula is C14H16F3NO. The van der Waals surface area contributed by atoms with Crippen LogP contribution in [0.25, 0.3) is 0 Å². The van der Waals surface area contributed by atoms with Gasteiger partial charge in [0.2, 0.25) is 5.90 Å². The summed E-state index contributed by atoms with van der Waals surface area (Å²) in [6.07, 6.45) is -3.72. The molecule has 0 unspecified atom stereocenters. The molecule has 0 saturated carbocycles. The van der Waals surface area contributed by atoms with Crippen LogP contribution >= 0.6 is 0 Å². The summed E-state index contributed by atoms with van der Waals surface area (Å²) in [6.45, 7) is 6.06. The Hall–Kier alpha value is -1.52. The van der Waals surface area contributed by atoms with E-state index in [0.717, 1.165) is 17.7 Å². The van der Waals surface area contributed by atoms with Crippen LogP contribution in [0.1, 0.15) is 37.5 Å². The van der Waals surface area contributed by atoms with Crippen molar-refractivity contribution in [1.82, 2.24) is 0 Å². The molecule has 19 heavy (non-hydrogen) atoms. The van der Waals surface area contributed by atoms with Crippen molar-refractivity contribution in [3.05, 3.63) is 34.9 Å². The maximum atomic E-state index is 12.8. The van der Waals surface area contributed by atoms with E-state index < -0.39 is 11.7 Å². The SMILES string of the molecule is CCc1ccc(C(F)(F)F)cc1C1=NC(C)(C)CO1. The Balaban J connectivity index is 2.49. The molecular weight excluding hydrogens is 255 g/mol. The second kappa shape index (κ2) is 4.54. The number of aliphatic imine (C=N–C) groups is 1. The highest BCUT2D eigenvalue weighted by Crippen LogP contribution is 2.32. The van der Waals surface area contributed by atoms with Gasteiger partial charge in [-0.2, -0.15) is 13.2 Å². The van der Waals surface area contributed by atoms with E-state index in [9.17, 15) is 13.2 Å². The molecule has 104 valence electrons. The molecule has 2 rings (SSSR count). The van der Waals surface area contributed by atoms with Gasteiger partial charge in [0, 0.05) is 5.56 Å². The number of rotatable bonds is 2.